The van der Waals surface area contributed by atoms with Gasteiger partial charge in [-0.05, 0) is 6.42 Å². The van der Waals surface area contributed by atoms with Gasteiger partial charge in [0, 0.05) is 17.6 Å². The predicted molar refractivity (Wildman–Crippen MR) is 50.1 cm³/mol. The number of rotatable bonds is 2. The predicted octanol–water partition coefficient (Wildman–Crippen LogP) is 0.203. The highest BCUT2D eigenvalue weighted by Gasteiger charge is 2.28. The Bertz CT molecular complexity index is 298. The summed E-state index contributed by atoms with van der Waals surface area (Å²) in [5.74, 6) is 0.0633. The second-order valence-corrected chi connectivity index (χ2v) is 4.09. The Hall–Kier alpha value is -0.940. The first kappa shape index (κ1) is 8.65. The monoisotopic (exact) mass is 197 g/mol. The standard InChI is InChI=1S/C8H11N3OS/c9-7-1-2-11(8(7)12)4-6-3-10-5-13-6/h3,5,7H,1-2,4,9H2. The van der Waals surface area contributed by atoms with Crippen LogP contribution in [-0.2, 0) is 11.3 Å². The van der Waals surface area contributed by atoms with Crippen LogP contribution >= 0.6 is 11.3 Å². The minimum absolute atomic E-state index is 0.0633. The molecule has 0 bridgehead atoms. The second kappa shape index (κ2) is 3.43. The van der Waals surface area contributed by atoms with Gasteiger partial charge in [-0.3, -0.25) is 9.78 Å². The summed E-state index contributed by atoms with van der Waals surface area (Å²) in [4.78, 5) is 18.3. The molecule has 1 amide bonds. The quantitative estimate of drug-likeness (QED) is 0.737. The lowest BCUT2D eigenvalue weighted by Gasteiger charge is -2.13. The fraction of sp³-hybridized carbons (Fsp3) is 0.500. The van der Waals surface area contributed by atoms with Crippen LogP contribution in [0.5, 0.6) is 0 Å². The molecular formula is C8H11N3OS. The van der Waals surface area contributed by atoms with Crippen molar-refractivity contribution < 1.29 is 4.79 Å². The number of aromatic nitrogens is 1. The van der Waals surface area contributed by atoms with Crippen molar-refractivity contribution in [3.63, 3.8) is 0 Å². The van der Waals surface area contributed by atoms with Crippen LogP contribution in [0.25, 0.3) is 0 Å². The highest BCUT2D eigenvalue weighted by atomic mass is 32.1. The molecular weight excluding hydrogens is 186 g/mol. The van der Waals surface area contributed by atoms with Gasteiger partial charge in [-0.15, -0.1) is 11.3 Å². The zero-order valence-corrected chi connectivity index (χ0v) is 7.96. The van der Waals surface area contributed by atoms with Crippen LogP contribution < -0.4 is 5.73 Å². The fourth-order valence-electron chi connectivity index (χ4n) is 1.43. The summed E-state index contributed by atoms with van der Waals surface area (Å²) in [6.07, 6.45) is 2.57. The molecule has 0 radical (unpaired) electrons. The average molecular weight is 197 g/mol. The maximum absolute atomic E-state index is 11.4. The molecule has 1 atom stereocenters. The zero-order chi connectivity index (χ0) is 9.26. The Kier molecular flexibility index (Phi) is 2.28. The van der Waals surface area contributed by atoms with Crippen molar-refractivity contribution in [1.82, 2.24) is 9.88 Å². The van der Waals surface area contributed by atoms with Crippen LogP contribution in [0.2, 0.25) is 0 Å². The van der Waals surface area contributed by atoms with Gasteiger partial charge in [0.1, 0.15) is 0 Å². The number of carbonyl (C=O) groups is 1. The van der Waals surface area contributed by atoms with Gasteiger partial charge in [0.15, 0.2) is 0 Å². The topological polar surface area (TPSA) is 59.2 Å². The lowest BCUT2D eigenvalue weighted by Crippen LogP contribution is -2.33. The Morgan fingerprint density at radius 2 is 2.62 bits per heavy atom. The van der Waals surface area contributed by atoms with Gasteiger partial charge in [0.05, 0.1) is 18.1 Å². The van der Waals surface area contributed by atoms with Gasteiger partial charge in [-0.25, -0.2) is 0 Å². The summed E-state index contributed by atoms with van der Waals surface area (Å²) in [5.41, 5.74) is 7.37. The van der Waals surface area contributed by atoms with Crippen molar-refractivity contribution in [2.45, 2.75) is 19.0 Å². The summed E-state index contributed by atoms with van der Waals surface area (Å²) >= 11 is 1.57. The molecule has 2 rings (SSSR count). The number of nitrogens with two attached hydrogens (primary N) is 1. The molecule has 70 valence electrons. The third kappa shape index (κ3) is 1.71. The van der Waals surface area contributed by atoms with E-state index < -0.39 is 0 Å². The van der Waals surface area contributed by atoms with Crippen molar-refractivity contribution in [2.24, 2.45) is 5.73 Å². The Morgan fingerprint density at radius 1 is 1.77 bits per heavy atom. The molecule has 1 aromatic rings. The molecule has 1 fully saturated rings. The van der Waals surface area contributed by atoms with Gasteiger partial charge in [-0.1, -0.05) is 0 Å². The van der Waals surface area contributed by atoms with E-state index in [0.29, 0.717) is 6.54 Å². The van der Waals surface area contributed by atoms with Crippen LogP contribution in [0.1, 0.15) is 11.3 Å². The summed E-state index contributed by atoms with van der Waals surface area (Å²) in [6, 6.07) is -0.284. The van der Waals surface area contributed by atoms with Crippen molar-refractivity contribution >= 4 is 17.2 Å². The fourth-order valence-corrected chi connectivity index (χ4v) is 2.04. The molecule has 1 aromatic heterocycles. The Balaban J connectivity index is 2.00. The Morgan fingerprint density at radius 3 is 3.15 bits per heavy atom. The van der Waals surface area contributed by atoms with E-state index >= 15 is 0 Å². The van der Waals surface area contributed by atoms with E-state index in [1.165, 1.54) is 0 Å². The van der Waals surface area contributed by atoms with Gasteiger partial charge in [-0.2, -0.15) is 0 Å². The van der Waals surface area contributed by atoms with Crippen molar-refractivity contribution in [3.05, 3.63) is 16.6 Å². The summed E-state index contributed by atoms with van der Waals surface area (Å²) in [7, 11) is 0. The van der Waals surface area contributed by atoms with E-state index in [1.54, 1.807) is 27.9 Å². The number of likely N-dealkylation sites (tertiary alicyclic amines) is 1. The van der Waals surface area contributed by atoms with Crippen molar-refractivity contribution in [1.29, 1.82) is 0 Å². The molecule has 0 spiro atoms. The number of hydrogen-bond donors (Lipinski definition) is 1. The number of nitrogens with zero attached hydrogens (tertiary/aromatic N) is 2. The highest BCUT2D eigenvalue weighted by molar-refractivity contribution is 7.09. The van der Waals surface area contributed by atoms with Crippen LogP contribution in [0, 0.1) is 0 Å². The Labute approximate surface area is 80.4 Å². The smallest absolute Gasteiger partial charge is 0.239 e. The average Bonchev–Trinajstić information content (AvgIpc) is 2.71. The number of thiazole rings is 1. The van der Waals surface area contributed by atoms with E-state index in [-0.39, 0.29) is 11.9 Å². The van der Waals surface area contributed by atoms with E-state index in [4.69, 9.17) is 5.73 Å². The molecule has 1 aliphatic heterocycles. The van der Waals surface area contributed by atoms with Crippen LogP contribution in [-0.4, -0.2) is 28.4 Å². The molecule has 13 heavy (non-hydrogen) atoms. The van der Waals surface area contributed by atoms with Gasteiger partial charge < -0.3 is 10.6 Å². The maximum atomic E-state index is 11.4. The lowest BCUT2D eigenvalue weighted by atomic mass is 10.3. The molecule has 1 aliphatic rings. The van der Waals surface area contributed by atoms with Gasteiger partial charge in [0.25, 0.3) is 0 Å². The first-order chi connectivity index (χ1) is 6.27. The largest absolute Gasteiger partial charge is 0.336 e. The zero-order valence-electron chi connectivity index (χ0n) is 7.14. The van der Waals surface area contributed by atoms with Crippen molar-refractivity contribution in [2.75, 3.05) is 6.54 Å². The van der Waals surface area contributed by atoms with Gasteiger partial charge in [0.2, 0.25) is 5.91 Å². The van der Waals surface area contributed by atoms with Crippen molar-refractivity contribution in [3.8, 4) is 0 Å². The molecule has 0 aromatic carbocycles. The third-order valence-electron chi connectivity index (χ3n) is 2.17. The first-order valence-corrected chi connectivity index (χ1v) is 5.07. The number of amides is 1. The third-order valence-corrected chi connectivity index (χ3v) is 2.93. The molecule has 0 aliphatic carbocycles. The molecule has 1 saturated heterocycles. The normalized spacial score (nSPS) is 22.7. The maximum Gasteiger partial charge on any atom is 0.239 e. The minimum Gasteiger partial charge on any atom is -0.336 e. The number of carbonyl (C=O) groups excluding carboxylic acids is 1. The summed E-state index contributed by atoms with van der Waals surface area (Å²) in [5, 5.41) is 0. The molecule has 0 saturated carbocycles. The van der Waals surface area contributed by atoms with E-state index in [1.807, 2.05) is 0 Å². The molecule has 5 heteroatoms. The first-order valence-electron chi connectivity index (χ1n) is 4.19. The minimum atomic E-state index is -0.284. The van der Waals surface area contributed by atoms with E-state index in [2.05, 4.69) is 4.98 Å². The van der Waals surface area contributed by atoms with E-state index in [9.17, 15) is 4.79 Å². The highest BCUT2D eigenvalue weighted by Crippen LogP contribution is 2.15. The van der Waals surface area contributed by atoms with Crippen LogP contribution in [0.4, 0.5) is 0 Å². The molecule has 4 nitrogen and oxygen atoms in total. The lowest BCUT2D eigenvalue weighted by molar-refractivity contribution is -0.129. The number of hydrogen-bond acceptors (Lipinski definition) is 4. The van der Waals surface area contributed by atoms with E-state index in [0.717, 1.165) is 17.8 Å². The molecule has 2 heterocycles. The van der Waals surface area contributed by atoms with Crippen LogP contribution in [0.15, 0.2) is 11.7 Å². The second-order valence-electron chi connectivity index (χ2n) is 3.12. The van der Waals surface area contributed by atoms with Crippen LogP contribution in [0.3, 0.4) is 0 Å². The summed E-state index contributed by atoms with van der Waals surface area (Å²) < 4.78 is 0. The SMILES string of the molecule is NC1CCN(Cc2cncs2)C1=O. The van der Waals surface area contributed by atoms with Gasteiger partial charge >= 0.3 is 0 Å². The molecule has 1 unspecified atom stereocenters. The summed E-state index contributed by atoms with van der Waals surface area (Å²) in [6.45, 7) is 1.44. The molecule has 2 N–H and O–H groups in total.